The summed E-state index contributed by atoms with van der Waals surface area (Å²) in [5.41, 5.74) is -1.46. The molecule has 0 bridgehead atoms. The van der Waals surface area contributed by atoms with Crippen molar-refractivity contribution in [3.8, 4) is 0 Å². The van der Waals surface area contributed by atoms with Gasteiger partial charge in [-0.1, -0.05) is 17.7 Å². The fourth-order valence-corrected chi connectivity index (χ4v) is 6.59. The van der Waals surface area contributed by atoms with Gasteiger partial charge in [0.15, 0.2) is 5.82 Å². The Labute approximate surface area is 272 Å². The maximum Gasteiger partial charge on any atom is 0.341 e. The van der Waals surface area contributed by atoms with Crippen molar-refractivity contribution in [2.75, 3.05) is 25.0 Å². The zero-order valence-corrected chi connectivity index (χ0v) is 26.6. The predicted octanol–water partition coefficient (Wildman–Crippen LogP) is 4.75. The number of carbonyl (C=O) groups is 1. The molecule has 0 amide bonds. The molecular weight excluding hydrogens is 634 g/mol. The van der Waals surface area contributed by atoms with E-state index in [1.165, 1.54) is 6.07 Å². The van der Waals surface area contributed by atoms with Gasteiger partial charge in [-0.15, -0.1) is 0 Å². The Balaban J connectivity index is 1.31. The molecule has 5 N–H and O–H groups in total. The van der Waals surface area contributed by atoms with Crippen molar-refractivity contribution in [2.24, 2.45) is 0 Å². The zero-order valence-electron chi connectivity index (χ0n) is 25.9. The molecule has 1 saturated heterocycles. The lowest BCUT2D eigenvalue weighted by Gasteiger charge is -2.38. The third-order valence-electron chi connectivity index (χ3n) is 8.96. The second-order valence-electron chi connectivity index (χ2n) is 12.4. The summed E-state index contributed by atoms with van der Waals surface area (Å²) in [7, 11) is 0. The van der Waals surface area contributed by atoms with Crippen LogP contribution in [0.4, 0.5) is 20.3 Å². The van der Waals surface area contributed by atoms with Crippen LogP contribution < -0.4 is 27.3 Å². The molecule has 14 heteroatoms. The summed E-state index contributed by atoms with van der Waals surface area (Å²) in [4.78, 5) is 58.5. The standard InChI is InChI=1S/C33H35ClF2N6O5/c1-16-5-8-19(12-21(16)34)38-24-14-25(43)42(33(47)39-24)10-3-4-23(41-11-9-37-17(2)15-41)26-22(35)13-20-30(28(26)36)40-29(18-6-7-18)27(31(20)44)32(45)46/h5,8,12-14,17-18,23,37-38H,3-4,6-7,9-11,15H2,1-2H3,(H,39,47)(H,40,44)(H,45,46). The van der Waals surface area contributed by atoms with Gasteiger partial charge in [-0.05, 0) is 63.3 Å². The fourth-order valence-electron chi connectivity index (χ4n) is 6.41. The molecule has 47 heavy (non-hydrogen) atoms. The van der Waals surface area contributed by atoms with Crippen LogP contribution in [0.2, 0.25) is 5.02 Å². The number of fused-ring (bicyclic) bond motifs is 1. The van der Waals surface area contributed by atoms with Crippen molar-refractivity contribution in [2.45, 2.75) is 64.1 Å². The highest BCUT2D eigenvalue weighted by molar-refractivity contribution is 6.31. The van der Waals surface area contributed by atoms with E-state index < -0.39 is 45.9 Å². The molecular formula is C33H35ClF2N6O5. The Kier molecular flexibility index (Phi) is 9.05. The molecule has 0 spiro atoms. The summed E-state index contributed by atoms with van der Waals surface area (Å²) in [5, 5.41) is 16.2. The lowest BCUT2D eigenvalue weighted by Crippen LogP contribution is -2.50. The summed E-state index contributed by atoms with van der Waals surface area (Å²) in [6.45, 7) is 5.35. The Morgan fingerprint density at radius 2 is 1.91 bits per heavy atom. The van der Waals surface area contributed by atoms with Crippen LogP contribution in [0.5, 0.6) is 0 Å². The monoisotopic (exact) mass is 668 g/mol. The number of anilines is 2. The maximum atomic E-state index is 16.4. The Hall–Kier alpha value is -4.33. The molecule has 3 heterocycles. The maximum absolute atomic E-state index is 16.4. The van der Waals surface area contributed by atoms with Gasteiger partial charge in [-0.2, -0.15) is 0 Å². The SMILES string of the molecule is Cc1ccc(Nc2cc(=O)n(CCCC(c3c(F)cc4c(=O)c(C(=O)O)c(C5CC5)[nH]c4c3F)N3CCNC(C)C3)c(=O)[nH]2)cc1Cl. The van der Waals surface area contributed by atoms with E-state index >= 15 is 8.78 Å². The summed E-state index contributed by atoms with van der Waals surface area (Å²) >= 11 is 6.18. The number of aromatic carboxylic acids is 1. The van der Waals surface area contributed by atoms with E-state index in [2.05, 4.69) is 20.6 Å². The molecule has 2 aromatic heterocycles. The van der Waals surface area contributed by atoms with Crippen molar-refractivity contribution in [3.05, 3.63) is 100 Å². The van der Waals surface area contributed by atoms with Gasteiger partial charge in [0.05, 0.1) is 10.9 Å². The van der Waals surface area contributed by atoms with Gasteiger partial charge in [0.2, 0.25) is 5.43 Å². The third-order valence-corrected chi connectivity index (χ3v) is 9.37. The fraction of sp³-hybridized carbons (Fsp3) is 0.394. The number of halogens is 3. The van der Waals surface area contributed by atoms with Crippen LogP contribution in [0.15, 0.2) is 44.7 Å². The number of carboxylic acid groups (broad SMARTS) is 1. The minimum Gasteiger partial charge on any atom is -0.477 e. The average molecular weight is 669 g/mol. The highest BCUT2D eigenvalue weighted by atomic mass is 35.5. The zero-order chi connectivity index (χ0) is 33.6. The van der Waals surface area contributed by atoms with E-state index in [-0.39, 0.29) is 59.3 Å². The van der Waals surface area contributed by atoms with Crippen molar-refractivity contribution in [1.29, 1.82) is 0 Å². The van der Waals surface area contributed by atoms with Crippen LogP contribution in [0.1, 0.15) is 71.7 Å². The first-order chi connectivity index (χ1) is 22.4. The van der Waals surface area contributed by atoms with Crippen molar-refractivity contribution >= 4 is 40.0 Å². The van der Waals surface area contributed by atoms with Crippen molar-refractivity contribution < 1.29 is 18.7 Å². The van der Waals surface area contributed by atoms with Crippen LogP contribution in [0, 0.1) is 18.6 Å². The highest BCUT2D eigenvalue weighted by Gasteiger charge is 2.35. The molecule has 1 aliphatic heterocycles. The first kappa shape index (κ1) is 32.6. The van der Waals surface area contributed by atoms with Gasteiger partial charge in [-0.25, -0.2) is 18.4 Å². The Morgan fingerprint density at radius 3 is 2.57 bits per heavy atom. The van der Waals surface area contributed by atoms with Gasteiger partial charge in [0.25, 0.3) is 5.56 Å². The van der Waals surface area contributed by atoms with Gasteiger partial charge < -0.3 is 20.7 Å². The number of aromatic amines is 2. The van der Waals surface area contributed by atoms with Crippen LogP contribution in [-0.4, -0.2) is 56.2 Å². The lowest BCUT2D eigenvalue weighted by atomic mass is 9.95. The summed E-state index contributed by atoms with van der Waals surface area (Å²) in [6.07, 6.45) is 1.74. The summed E-state index contributed by atoms with van der Waals surface area (Å²) < 4.78 is 33.4. The molecule has 2 fully saturated rings. The van der Waals surface area contributed by atoms with E-state index in [4.69, 9.17) is 11.6 Å². The minimum atomic E-state index is -1.44. The largest absolute Gasteiger partial charge is 0.477 e. The third kappa shape index (κ3) is 6.60. The van der Waals surface area contributed by atoms with Gasteiger partial charge in [-0.3, -0.25) is 24.0 Å². The van der Waals surface area contributed by atoms with E-state index in [1.54, 1.807) is 18.2 Å². The minimum absolute atomic E-state index is 0.00952. The topological polar surface area (TPSA) is 152 Å². The number of aryl methyl sites for hydroxylation is 1. The van der Waals surface area contributed by atoms with Crippen LogP contribution in [0.25, 0.3) is 10.9 Å². The number of piperazine rings is 1. The first-order valence-corrected chi connectivity index (χ1v) is 16.0. The number of nitrogens with zero attached hydrogens (tertiary/aromatic N) is 2. The van der Waals surface area contributed by atoms with E-state index in [1.807, 2.05) is 18.7 Å². The number of nitrogens with one attached hydrogen (secondary N) is 4. The van der Waals surface area contributed by atoms with Crippen molar-refractivity contribution in [1.82, 2.24) is 24.8 Å². The van der Waals surface area contributed by atoms with E-state index in [9.17, 15) is 24.3 Å². The van der Waals surface area contributed by atoms with Crippen molar-refractivity contribution in [3.63, 3.8) is 0 Å². The average Bonchev–Trinajstić information content (AvgIpc) is 3.85. The number of hydrogen-bond donors (Lipinski definition) is 5. The molecule has 1 aliphatic carbocycles. The number of carboxylic acids is 1. The quantitative estimate of drug-likeness (QED) is 0.162. The second-order valence-corrected chi connectivity index (χ2v) is 12.8. The second kappa shape index (κ2) is 13.1. The normalized spacial score (nSPS) is 17.6. The van der Waals surface area contributed by atoms with Gasteiger partial charge >= 0.3 is 11.7 Å². The van der Waals surface area contributed by atoms with E-state index in [0.29, 0.717) is 43.2 Å². The molecule has 2 aliphatic rings. The number of H-pyrrole nitrogens is 2. The lowest BCUT2D eigenvalue weighted by molar-refractivity contribution is 0.0694. The molecule has 1 saturated carbocycles. The molecule has 6 rings (SSSR count). The van der Waals surface area contributed by atoms with Gasteiger partial charge in [0, 0.05) is 72.2 Å². The number of hydrogen-bond acceptors (Lipinski definition) is 7. The molecule has 0 radical (unpaired) electrons. The summed E-state index contributed by atoms with van der Waals surface area (Å²) in [6, 6.07) is 6.65. The summed E-state index contributed by atoms with van der Waals surface area (Å²) in [5.74, 6) is -3.37. The van der Waals surface area contributed by atoms with Crippen LogP contribution in [-0.2, 0) is 6.54 Å². The van der Waals surface area contributed by atoms with Crippen LogP contribution in [0.3, 0.4) is 0 Å². The first-order valence-electron chi connectivity index (χ1n) is 15.6. The predicted molar refractivity (Wildman–Crippen MR) is 175 cm³/mol. The Bertz CT molecular complexity index is 2030. The smallest absolute Gasteiger partial charge is 0.341 e. The highest BCUT2D eigenvalue weighted by Crippen LogP contribution is 2.41. The number of aromatic nitrogens is 3. The number of pyridine rings is 1. The van der Waals surface area contributed by atoms with Crippen LogP contribution >= 0.6 is 11.6 Å². The molecule has 2 unspecified atom stereocenters. The van der Waals surface area contributed by atoms with E-state index in [0.717, 1.165) is 16.2 Å². The molecule has 4 aromatic rings. The molecule has 248 valence electrons. The number of benzene rings is 2. The molecule has 11 nitrogen and oxygen atoms in total. The van der Waals surface area contributed by atoms with Gasteiger partial charge in [0.1, 0.15) is 17.2 Å². The molecule has 2 atom stereocenters. The molecule has 2 aromatic carbocycles. The Morgan fingerprint density at radius 1 is 1.15 bits per heavy atom. The number of rotatable bonds is 10.